The lowest BCUT2D eigenvalue weighted by Crippen LogP contribution is -2.26. The van der Waals surface area contributed by atoms with Crippen LogP contribution in [0.4, 0.5) is 0 Å². The van der Waals surface area contributed by atoms with Gasteiger partial charge in [-0.05, 0) is 24.6 Å². The van der Waals surface area contributed by atoms with Gasteiger partial charge in [-0.3, -0.25) is 19.7 Å². The number of aromatic nitrogens is 4. The number of fused-ring (bicyclic) bond motifs is 1. The summed E-state index contributed by atoms with van der Waals surface area (Å²) in [7, 11) is 0. The van der Waals surface area contributed by atoms with Crippen molar-refractivity contribution in [3.05, 3.63) is 88.1 Å². The van der Waals surface area contributed by atoms with E-state index in [9.17, 15) is 9.59 Å². The second kappa shape index (κ2) is 7.48. The third kappa shape index (κ3) is 3.83. The summed E-state index contributed by atoms with van der Waals surface area (Å²) in [5.74, 6) is -0.115. The fraction of sp³-hybridized carbons (Fsp3) is 0.143. The van der Waals surface area contributed by atoms with E-state index < -0.39 is 0 Å². The van der Waals surface area contributed by atoms with Crippen LogP contribution < -0.4 is 10.9 Å². The molecular weight excluding hydrogens is 354 g/mol. The topological polar surface area (TPSA) is 92.2 Å². The van der Waals surface area contributed by atoms with E-state index in [-0.39, 0.29) is 24.4 Å². The minimum Gasteiger partial charge on any atom is -0.350 e. The van der Waals surface area contributed by atoms with Crippen molar-refractivity contribution < 1.29 is 4.79 Å². The molecule has 0 aliphatic heterocycles. The minimum absolute atomic E-state index is 0.115. The SMILES string of the molecule is Cc1ccc(CC(=O)NCc2cc(=O)n3[nH]c(-c4cccnc4)cc3n2)cc1. The molecule has 3 aromatic heterocycles. The summed E-state index contributed by atoms with van der Waals surface area (Å²) >= 11 is 0. The minimum atomic E-state index is -0.233. The van der Waals surface area contributed by atoms with E-state index in [1.165, 1.54) is 10.6 Å². The summed E-state index contributed by atoms with van der Waals surface area (Å²) < 4.78 is 1.37. The van der Waals surface area contributed by atoms with Crippen molar-refractivity contribution in [3.8, 4) is 11.3 Å². The van der Waals surface area contributed by atoms with Gasteiger partial charge in [-0.2, -0.15) is 0 Å². The Hall–Kier alpha value is -3.74. The van der Waals surface area contributed by atoms with E-state index in [4.69, 9.17) is 0 Å². The normalized spacial score (nSPS) is 10.9. The van der Waals surface area contributed by atoms with Gasteiger partial charge < -0.3 is 5.32 Å². The van der Waals surface area contributed by atoms with Crippen molar-refractivity contribution >= 4 is 11.6 Å². The van der Waals surface area contributed by atoms with Crippen molar-refractivity contribution in [1.82, 2.24) is 24.9 Å². The summed E-state index contributed by atoms with van der Waals surface area (Å²) in [6, 6.07) is 14.8. The number of H-pyrrole nitrogens is 1. The molecule has 7 nitrogen and oxygen atoms in total. The maximum Gasteiger partial charge on any atom is 0.272 e. The van der Waals surface area contributed by atoms with Crippen molar-refractivity contribution in [1.29, 1.82) is 0 Å². The van der Waals surface area contributed by atoms with E-state index >= 15 is 0 Å². The zero-order chi connectivity index (χ0) is 19.5. The molecule has 28 heavy (non-hydrogen) atoms. The number of carbonyl (C=O) groups excluding carboxylic acids is 1. The van der Waals surface area contributed by atoms with Gasteiger partial charge in [0.15, 0.2) is 5.65 Å². The number of amides is 1. The number of rotatable bonds is 5. The molecule has 4 aromatic rings. The molecule has 1 aromatic carbocycles. The van der Waals surface area contributed by atoms with Gasteiger partial charge >= 0.3 is 0 Å². The molecule has 2 N–H and O–H groups in total. The Labute approximate surface area is 161 Å². The van der Waals surface area contributed by atoms with Gasteiger partial charge in [-0.1, -0.05) is 29.8 Å². The summed E-state index contributed by atoms with van der Waals surface area (Å²) in [5, 5.41) is 5.85. The Kier molecular flexibility index (Phi) is 4.72. The van der Waals surface area contributed by atoms with Crippen LogP contribution in [0.3, 0.4) is 0 Å². The first-order valence-corrected chi connectivity index (χ1v) is 8.93. The maximum atomic E-state index is 12.4. The van der Waals surface area contributed by atoms with Crippen LogP contribution in [0, 0.1) is 6.92 Å². The van der Waals surface area contributed by atoms with Crippen LogP contribution >= 0.6 is 0 Å². The number of aryl methyl sites for hydroxylation is 1. The molecule has 0 aliphatic rings. The molecule has 0 aliphatic carbocycles. The van der Waals surface area contributed by atoms with Crippen LogP contribution in [-0.4, -0.2) is 25.5 Å². The largest absolute Gasteiger partial charge is 0.350 e. The van der Waals surface area contributed by atoms with Crippen molar-refractivity contribution in [2.45, 2.75) is 19.9 Å². The molecule has 0 atom stereocenters. The lowest BCUT2D eigenvalue weighted by Gasteiger charge is -2.05. The molecule has 4 rings (SSSR count). The number of nitrogens with zero attached hydrogens (tertiary/aromatic N) is 3. The van der Waals surface area contributed by atoms with Crippen molar-refractivity contribution in [2.75, 3.05) is 0 Å². The number of carbonyl (C=O) groups is 1. The van der Waals surface area contributed by atoms with Crippen LogP contribution in [0.1, 0.15) is 16.8 Å². The van der Waals surface area contributed by atoms with Gasteiger partial charge in [-0.15, -0.1) is 0 Å². The highest BCUT2D eigenvalue weighted by molar-refractivity contribution is 5.78. The van der Waals surface area contributed by atoms with E-state index in [1.807, 2.05) is 43.3 Å². The highest BCUT2D eigenvalue weighted by atomic mass is 16.1. The molecule has 0 bridgehead atoms. The van der Waals surface area contributed by atoms with Gasteiger partial charge in [0.2, 0.25) is 5.91 Å². The number of hydrogen-bond donors (Lipinski definition) is 2. The molecule has 0 unspecified atom stereocenters. The Bertz CT molecular complexity index is 1180. The fourth-order valence-corrected chi connectivity index (χ4v) is 2.94. The zero-order valence-electron chi connectivity index (χ0n) is 15.3. The summed E-state index contributed by atoms with van der Waals surface area (Å²) in [6.07, 6.45) is 3.69. The molecular formula is C21H19N5O2. The summed E-state index contributed by atoms with van der Waals surface area (Å²) in [4.78, 5) is 33.1. The number of nitrogens with one attached hydrogen (secondary N) is 2. The first-order chi connectivity index (χ1) is 13.6. The standard InChI is InChI=1S/C21H19N5O2/c1-14-4-6-15(7-5-14)9-20(27)23-13-17-10-21(28)26-19(24-17)11-18(25-26)16-3-2-8-22-12-16/h2-8,10-12,25H,9,13H2,1H3,(H,23,27). The van der Waals surface area contributed by atoms with E-state index in [1.54, 1.807) is 18.5 Å². The summed E-state index contributed by atoms with van der Waals surface area (Å²) in [6.45, 7) is 2.20. The van der Waals surface area contributed by atoms with Crippen LogP contribution in [0.15, 0.2) is 65.7 Å². The molecule has 140 valence electrons. The number of aromatic amines is 1. The Morgan fingerprint density at radius 1 is 1.18 bits per heavy atom. The van der Waals surface area contributed by atoms with E-state index in [0.29, 0.717) is 11.3 Å². The lowest BCUT2D eigenvalue weighted by atomic mass is 10.1. The zero-order valence-corrected chi connectivity index (χ0v) is 15.3. The molecule has 7 heteroatoms. The molecule has 0 radical (unpaired) electrons. The maximum absolute atomic E-state index is 12.4. The number of pyridine rings is 1. The average molecular weight is 373 g/mol. The smallest absolute Gasteiger partial charge is 0.272 e. The second-order valence-corrected chi connectivity index (χ2v) is 6.63. The Morgan fingerprint density at radius 3 is 2.75 bits per heavy atom. The third-order valence-electron chi connectivity index (χ3n) is 4.43. The number of hydrogen-bond acceptors (Lipinski definition) is 4. The Morgan fingerprint density at radius 2 is 2.00 bits per heavy atom. The van der Waals surface area contributed by atoms with Gasteiger partial charge in [0, 0.05) is 30.1 Å². The third-order valence-corrected chi connectivity index (χ3v) is 4.43. The molecule has 0 spiro atoms. The monoisotopic (exact) mass is 373 g/mol. The highest BCUT2D eigenvalue weighted by Gasteiger charge is 2.09. The van der Waals surface area contributed by atoms with E-state index in [2.05, 4.69) is 20.4 Å². The van der Waals surface area contributed by atoms with Gasteiger partial charge in [-0.25, -0.2) is 9.50 Å². The Balaban J connectivity index is 1.49. The molecule has 0 saturated carbocycles. The lowest BCUT2D eigenvalue weighted by molar-refractivity contribution is -0.120. The van der Waals surface area contributed by atoms with Crippen LogP contribution in [0.5, 0.6) is 0 Å². The number of benzene rings is 1. The van der Waals surface area contributed by atoms with Crippen molar-refractivity contribution in [3.63, 3.8) is 0 Å². The van der Waals surface area contributed by atoms with Gasteiger partial charge in [0.25, 0.3) is 5.56 Å². The fourth-order valence-electron chi connectivity index (χ4n) is 2.94. The predicted octanol–water partition coefficient (Wildman–Crippen LogP) is 2.25. The molecule has 1 amide bonds. The van der Waals surface area contributed by atoms with Crippen LogP contribution in [0.25, 0.3) is 16.9 Å². The average Bonchev–Trinajstić information content (AvgIpc) is 3.14. The quantitative estimate of drug-likeness (QED) is 0.561. The molecule has 3 heterocycles. The predicted molar refractivity (Wildman–Crippen MR) is 106 cm³/mol. The van der Waals surface area contributed by atoms with Crippen LogP contribution in [-0.2, 0) is 17.8 Å². The summed E-state index contributed by atoms with van der Waals surface area (Å²) in [5.41, 5.74) is 4.48. The van der Waals surface area contributed by atoms with Gasteiger partial charge in [0.05, 0.1) is 24.4 Å². The molecule has 0 saturated heterocycles. The second-order valence-electron chi connectivity index (χ2n) is 6.63. The van der Waals surface area contributed by atoms with Crippen molar-refractivity contribution in [2.24, 2.45) is 0 Å². The van der Waals surface area contributed by atoms with E-state index in [0.717, 1.165) is 22.4 Å². The molecule has 0 fully saturated rings. The van der Waals surface area contributed by atoms with Gasteiger partial charge in [0.1, 0.15) is 0 Å². The highest BCUT2D eigenvalue weighted by Crippen LogP contribution is 2.16. The van der Waals surface area contributed by atoms with Crippen LogP contribution in [0.2, 0.25) is 0 Å². The first-order valence-electron chi connectivity index (χ1n) is 8.93. The first kappa shape index (κ1) is 17.7.